The number of hydrogen-bond acceptors (Lipinski definition) is 3. The summed E-state index contributed by atoms with van der Waals surface area (Å²) >= 11 is 0. The third kappa shape index (κ3) is 2.40. The standard InChI is InChI=1S/C19H19N3O2/c1-3-12(2)18-17(13-8-10-14(23)11-9-13)15-6-4-5-7-16(15)22(18)19(20)21-24/h3-11,23-24H,1-2H3,(H2,20,21)/b12-3-. The molecule has 2 aromatic carbocycles. The molecule has 0 atom stereocenters. The Morgan fingerprint density at radius 1 is 1.12 bits per heavy atom. The van der Waals surface area contributed by atoms with Gasteiger partial charge in [0, 0.05) is 10.9 Å². The molecular formula is C19H19N3O2. The predicted octanol–water partition coefficient (Wildman–Crippen LogP) is 3.99. The molecule has 5 nitrogen and oxygen atoms in total. The summed E-state index contributed by atoms with van der Waals surface area (Å²) < 4.78 is 1.74. The maximum Gasteiger partial charge on any atom is 0.242 e. The highest BCUT2D eigenvalue weighted by Gasteiger charge is 2.21. The minimum absolute atomic E-state index is 0.00688. The van der Waals surface area contributed by atoms with Gasteiger partial charge in [0.05, 0.1) is 11.2 Å². The molecule has 3 rings (SSSR count). The van der Waals surface area contributed by atoms with Crippen molar-refractivity contribution in [2.45, 2.75) is 13.8 Å². The van der Waals surface area contributed by atoms with E-state index in [0.717, 1.165) is 33.3 Å². The molecular weight excluding hydrogens is 302 g/mol. The number of phenolic OH excluding ortho intramolecular Hbond substituents is 1. The molecule has 4 N–H and O–H groups in total. The van der Waals surface area contributed by atoms with Crippen LogP contribution in [0.15, 0.2) is 59.8 Å². The number of fused-ring (bicyclic) bond motifs is 1. The molecule has 24 heavy (non-hydrogen) atoms. The molecule has 0 radical (unpaired) electrons. The lowest BCUT2D eigenvalue weighted by atomic mass is 9.99. The van der Waals surface area contributed by atoms with Gasteiger partial charge in [-0.2, -0.15) is 0 Å². The number of nitrogens with two attached hydrogens (primary N) is 1. The molecule has 0 saturated carbocycles. The van der Waals surface area contributed by atoms with Gasteiger partial charge in [-0.15, -0.1) is 0 Å². The Morgan fingerprint density at radius 2 is 1.79 bits per heavy atom. The van der Waals surface area contributed by atoms with Crippen molar-refractivity contribution in [1.82, 2.24) is 4.57 Å². The summed E-state index contributed by atoms with van der Waals surface area (Å²) in [5.74, 6) is 0.218. The Hall–Kier alpha value is -3.21. The maximum absolute atomic E-state index is 9.58. The molecule has 0 aliphatic rings. The van der Waals surface area contributed by atoms with Crippen LogP contribution in [0.4, 0.5) is 0 Å². The second-order valence-electron chi connectivity index (χ2n) is 5.55. The van der Waals surface area contributed by atoms with Gasteiger partial charge in [0.1, 0.15) is 5.75 Å². The van der Waals surface area contributed by atoms with E-state index in [9.17, 15) is 10.3 Å². The second kappa shape index (κ2) is 6.12. The number of rotatable bonds is 2. The van der Waals surface area contributed by atoms with E-state index in [1.54, 1.807) is 16.7 Å². The van der Waals surface area contributed by atoms with E-state index >= 15 is 0 Å². The van der Waals surface area contributed by atoms with Crippen molar-refractivity contribution >= 4 is 22.4 Å². The highest BCUT2D eigenvalue weighted by Crippen LogP contribution is 2.38. The number of para-hydroxylation sites is 1. The smallest absolute Gasteiger partial charge is 0.242 e. The molecule has 0 aliphatic heterocycles. The van der Waals surface area contributed by atoms with Crippen molar-refractivity contribution in [3.8, 4) is 16.9 Å². The second-order valence-corrected chi connectivity index (χ2v) is 5.55. The number of hydrogen-bond donors (Lipinski definition) is 3. The lowest BCUT2D eigenvalue weighted by Crippen LogP contribution is -2.23. The number of aromatic hydroxyl groups is 1. The van der Waals surface area contributed by atoms with Crippen LogP contribution in [0, 0.1) is 0 Å². The quantitative estimate of drug-likeness (QED) is 0.289. The normalized spacial score (nSPS) is 12.8. The fraction of sp³-hybridized carbons (Fsp3) is 0.105. The minimum Gasteiger partial charge on any atom is -0.508 e. The van der Waals surface area contributed by atoms with Gasteiger partial charge in [-0.25, -0.2) is 0 Å². The largest absolute Gasteiger partial charge is 0.508 e. The van der Waals surface area contributed by atoms with Crippen LogP contribution >= 0.6 is 0 Å². The molecule has 3 aromatic rings. The Balaban J connectivity index is 2.49. The van der Waals surface area contributed by atoms with E-state index in [1.807, 2.05) is 56.3 Å². The molecule has 1 aromatic heterocycles. The maximum atomic E-state index is 9.58. The lowest BCUT2D eigenvalue weighted by Gasteiger charge is -2.11. The van der Waals surface area contributed by atoms with Gasteiger partial charge in [0.25, 0.3) is 0 Å². The van der Waals surface area contributed by atoms with E-state index in [1.165, 1.54) is 0 Å². The molecule has 0 unspecified atom stereocenters. The molecule has 0 aliphatic carbocycles. The van der Waals surface area contributed by atoms with E-state index in [4.69, 9.17) is 5.73 Å². The summed E-state index contributed by atoms with van der Waals surface area (Å²) in [6.45, 7) is 3.93. The first-order valence-corrected chi connectivity index (χ1v) is 7.62. The summed E-state index contributed by atoms with van der Waals surface area (Å²) in [5.41, 5.74) is 10.6. The molecule has 0 bridgehead atoms. The fourth-order valence-corrected chi connectivity index (χ4v) is 2.95. The van der Waals surface area contributed by atoms with Crippen LogP contribution in [0.3, 0.4) is 0 Å². The summed E-state index contributed by atoms with van der Waals surface area (Å²) in [5, 5.41) is 23.0. The van der Waals surface area contributed by atoms with Gasteiger partial charge in [-0.3, -0.25) is 4.57 Å². The summed E-state index contributed by atoms with van der Waals surface area (Å²) in [7, 11) is 0. The van der Waals surface area contributed by atoms with Gasteiger partial charge in [0.15, 0.2) is 0 Å². The summed E-state index contributed by atoms with van der Waals surface area (Å²) in [6.07, 6.45) is 1.99. The SMILES string of the molecule is C/C=C(/C)c1c(-c2ccc(O)cc2)c2ccccc2n1/C(N)=N/O. The number of nitrogens with zero attached hydrogens (tertiary/aromatic N) is 2. The van der Waals surface area contributed by atoms with Gasteiger partial charge < -0.3 is 16.0 Å². The zero-order chi connectivity index (χ0) is 17.3. The number of aromatic nitrogens is 1. The zero-order valence-corrected chi connectivity index (χ0v) is 13.6. The molecule has 0 amide bonds. The first kappa shape index (κ1) is 15.7. The molecule has 0 spiro atoms. The van der Waals surface area contributed by atoms with Crippen LogP contribution in [0.2, 0.25) is 0 Å². The van der Waals surface area contributed by atoms with Gasteiger partial charge in [-0.1, -0.05) is 41.6 Å². The summed E-state index contributed by atoms with van der Waals surface area (Å²) in [4.78, 5) is 0. The Labute approximate surface area is 140 Å². The Kier molecular flexibility index (Phi) is 4.00. The van der Waals surface area contributed by atoms with Gasteiger partial charge in [-0.05, 0) is 43.2 Å². The fourth-order valence-electron chi connectivity index (χ4n) is 2.95. The van der Waals surface area contributed by atoms with Crippen LogP contribution in [-0.2, 0) is 0 Å². The van der Waals surface area contributed by atoms with E-state index in [2.05, 4.69) is 5.16 Å². The van der Waals surface area contributed by atoms with Gasteiger partial charge in [0.2, 0.25) is 5.96 Å². The van der Waals surface area contributed by atoms with Crippen LogP contribution < -0.4 is 5.73 Å². The average Bonchev–Trinajstić information content (AvgIpc) is 2.96. The molecule has 1 heterocycles. The highest BCUT2D eigenvalue weighted by atomic mass is 16.4. The first-order chi connectivity index (χ1) is 11.6. The molecule has 122 valence electrons. The minimum atomic E-state index is 0.00688. The van der Waals surface area contributed by atoms with Crippen molar-refractivity contribution in [2.75, 3.05) is 0 Å². The monoisotopic (exact) mass is 321 g/mol. The predicted molar refractivity (Wildman–Crippen MR) is 97.2 cm³/mol. The average molecular weight is 321 g/mol. The highest BCUT2D eigenvalue weighted by molar-refractivity contribution is 6.07. The van der Waals surface area contributed by atoms with Crippen molar-refractivity contribution in [3.05, 3.63) is 60.3 Å². The van der Waals surface area contributed by atoms with E-state index < -0.39 is 0 Å². The van der Waals surface area contributed by atoms with Crippen molar-refractivity contribution in [2.24, 2.45) is 10.9 Å². The van der Waals surface area contributed by atoms with Gasteiger partial charge >= 0.3 is 0 Å². The molecule has 0 fully saturated rings. The van der Waals surface area contributed by atoms with E-state index in [0.29, 0.717) is 0 Å². The zero-order valence-electron chi connectivity index (χ0n) is 13.6. The third-order valence-corrected chi connectivity index (χ3v) is 4.17. The molecule has 0 saturated heterocycles. The summed E-state index contributed by atoms with van der Waals surface area (Å²) in [6, 6.07) is 14.8. The first-order valence-electron chi connectivity index (χ1n) is 7.62. The van der Waals surface area contributed by atoms with Crippen LogP contribution in [0.25, 0.3) is 27.6 Å². The number of allylic oxidation sites excluding steroid dienone is 2. The van der Waals surface area contributed by atoms with Crippen LogP contribution in [0.5, 0.6) is 5.75 Å². The molecule has 5 heteroatoms. The topological polar surface area (TPSA) is 83.8 Å². The van der Waals surface area contributed by atoms with Crippen LogP contribution in [0.1, 0.15) is 19.5 Å². The Morgan fingerprint density at radius 3 is 2.42 bits per heavy atom. The van der Waals surface area contributed by atoms with Crippen molar-refractivity contribution in [3.63, 3.8) is 0 Å². The number of oxime groups is 1. The van der Waals surface area contributed by atoms with Crippen LogP contribution in [-0.4, -0.2) is 20.8 Å². The lowest BCUT2D eigenvalue weighted by molar-refractivity contribution is 0.316. The van der Waals surface area contributed by atoms with Crippen molar-refractivity contribution < 1.29 is 10.3 Å². The van der Waals surface area contributed by atoms with E-state index in [-0.39, 0.29) is 11.7 Å². The van der Waals surface area contributed by atoms with Crippen molar-refractivity contribution in [1.29, 1.82) is 0 Å². The number of benzene rings is 2. The number of phenols is 1. The third-order valence-electron chi connectivity index (χ3n) is 4.17. The Bertz CT molecular complexity index is 951.